The third-order valence-electron chi connectivity index (χ3n) is 4.99. The van der Waals surface area contributed by atoms with Crippen LogP contribution < -0.4 is 63.9 Å². The Kier molecular flexibility index (Phi) is 11.9. The number of azo groups is 2. The first-order valence-electron chi connectivity index (χ1n) is 10.7. The van der Waals surface area contributed by atoms with E-state index < -0.39 is 30.0 Å². The maximum atomic E-state index is 11.6. The number of nitrogens with zero attached hydrogens (tertiary/aromatic N) is 4. The van der Waals surface area contributed by atoms with Gasteiger partial charge in [0.1, 0.15) is 26.0 Å². The maximum absolute atomic E-state index is 11.6. The number of hydrogen-bond donors (Lipinski definition) is 0. The molecule has 0 saturated heterocycles. The van der Waals surface area contributed by atoms with Crippen LogP contribution in [0.15, 0.2) is 109 Å². The number of fused-ring (bicyclic) bond motifs is 1. The van der Waals surface area contributed by atoms with E-state index in [4.69, 9.17) is 4.74 Å². The zero-order valence-corrected chi connectivity index (χ0v) is 26.8. The molecule has 0 unspecified atom stereocenters. The SMILES string of the molecule is CCOc1ccc(N=Nc2ccc(N=Nc3ccc4c(S(=O)(=O)[O-])cc(S(=O)(=O)[O-])cc4c3)cc2)cc1.[Na+].[Na+]. The summed E-state index contributed by atoms with van der Waals surface area (Å²) in [4.78, 5) is -1.64. The summed E-state index contributed by atoms with van der Waals surface area (Å²) >= 11 is 0. The van der Waals surface area contributed by atoms with Crippen molar-refractivity contribution < 1.29 is 89.8 Å². The monoisotopic (exact) mass is 584 g/mol. The molecule has 0 N–H and O–H groups in total. The molecule has 15 heteroatoms. The van der Waals surface area contributed by atoms with Gasteiger partial charge in [-0.05, 0) is 90.5 Å². The first-order chi connectivity index (χ1) is 17.5. The standard InChI is InChI=1S/C24H20N4O7S2.2Na/c1-2-35-21-10-7-19(8-11-21)26-25-17-3-5-18(6-4-17)27-28-20-9-12-23-16(13-20)14-22(36(29,30)31)15-24(23)37(32,33)34;;/h3-15H,2H2,1H3,(H,29,30,31)(H,32,33,34);;/q;2*+1/p-2. The van der Waals surface area contributed by atoms with Crippen LogP contribution in [0.5, 0.6) is 5.75 Å². The molecule has 0 saturated carbocycles. The molecule has 0 heterocycles. The Morgan fingerprint density at radius 3 is 1.56 bits per heavy atom. The summed E-state index contributed by atoms with van der Waals surface area (Å²) in [6, 6.07) is 19.4. The molecule has 0 fully saturated rings. The first kappa shape index (κ1) is 33.2. The van der Waals surface area contributed by atoms with Crippen LogP contribution in [0, 0.1) is 0 Å². The third kappa shape index (κ3) is 8.98. The van der Waals surface area contributed by atoms with Crippen LogP contribution in [0.2, 0.25) is 0 Å². The van der Waals surface area contributed by atoms with Gasteiger partial charge in [0.15, 0.2) is 0 Å². The fourth-order valence-corrected chi connectivity index (χ4v) is 4.64. The largest absolute Gasteiger partial charge is 1.00 e. The first-order valence-corrected chi connectivity index (χ1v) is 13.5. The summed E-state index contributed by atoms with van der Waals surface area (Å²) < 4.78 is 74.5. The van der Waals surface area contributed by atoms with Crippen LogP contribution >= 0.6 is 0 Å². The van der Waals surface area contributed by atoms with E-state index in [2.05, 4.69) is 20.5 Å². The van der Waals surface area contributed by atoms with Gasteiger partial charge >= 0.3 is 59.1 Å². The molecule has 0 spiro atoms. The number of hydrogen-bond acceptors (Lipinski definition) is 11. The minimum absolute atomic E-state index is 0. The smallest absolute Gasteiger partial charge is 0.744 e. The van der Waals surface area contributed by atoms with Gasteiger partial charge < -0.3 is 13.8 Å². The zero-order chi connectivity index (χ0) is 26.6. The molecule has 11 nitrogen and oxygen atoms in total. The number of rotatable bonds is 8. The average Bonchev–Trinajstić information content (AvgIpc) is 2.86. The molecular formula is C24H18N4Na2O7S2. The number of benzene rings is 4. The van der Waals surface area contributed by atoms with Gasteiger partial charge in [0.2, 0.25) is 0 Å². The molecule has 190 valence electrons. The van der Waals surface area contributed by atoms with Crippen molar-refractivity contribution in [3.8, 4) is 5.75 Å². The van der Waals surface area contributed by atoms with Crippen molar-refractivity contribution in [1.82, 2.24) is 0 Å². The molecule has 0 aliphatic rings. The predicted octanol–water partition coefficient (Wildman–Crippen LogP) is -0.114. The van der Waals surface area contributed by atoms with Crippen molar-refractivity contribution in [2.24, 2.45) is 20.5 Å². The van der Waals surface area contributed by atoms with Gasteiger partial charge in [0, 0.05) is 0 Å². The van der Waals surface area contributed by atoms with Gasteiger partial charge in [-0.25, -0.2) is 16.8 Å². The molecule has 0 amide bonds. The van der Waals surface area contributed by atoms with Gasteiger partial charge in [-0.15, -0.1) is 0 Å². The predicted molar refractivity (Wildman–Crippen MR) is 132 cm³/mol. The molecule has 0 bridgehead atoms. The van der Waals surface area contributed by atoms with Crippen LogP contribution in [-0.4, -0.2) is 32.5 Å². The van der Waals surface area contributed by atoms with Crippen molar-refractivity contribution in [2.45, 2.75) is 16.7 Å². The molecule has 39 heavy (non-hydrogen) atoms. The topological polar surface area (TPSA) is 173 Å². The summed E-state index contributed by atoms with van der Waals surface area (Å²) in [5.74, 6) is 0.745. The second kappa shape index (κ2) is 14.0. The van der Waals surface area contributed by atoms with E-state index in [9.17, 15) is 25.9 Å². The van der Waals surface area contributed by atoms with Crippen LogP contribution in [0.1, 0.15) is 6.92 Å². The molecule has 0 aliphatic heterocycles. The molecule has 4 rings (SSSR count). The van der Waals surface area contributed by atoms with Crippen molar-refractivity contribution in [3.63, 3.8) is 0 Å². The Morgan fingerprint density at radius 1 is 0.641 bits per heavy atom. The molecule has 0 radical (unpaired) electrons. The second-order valence-electron chi connectivity index (χ2n) is 7.58. The fraction of sp³-hybridized carbons (Fsp3) is 0.0833. The van der Waals surface area contributed by atoms with E-state index in [1.807, 2.05) is 6.92 Å². The van der Waals surface area contributed by atoms with Gasteiger partial charge in [0.05, 0.1) is 39.1 Å². The fourth-order valence-electron chi connectivity index (χ4n) is 3.30. The Morgan fingerprint density at radius 2 is 1.10 bits per heavy atom. The Balaban J connectivity index is 0.00000267. The van der Waals surface area contributed by atoms with Crippen LogP contribution in [-0.2, 0) is 20.2 Å². The van der Waals surface area contributed by atoms with Crippen molar-refractivity contribution >= 4 is 53.8 Å². The van der Waals surface area contributed by atoms with Crippen LogP contribution in [0.3, 0.4) is 0 Å². The van der Waals surface area contributed by atoms with Gasteiger partial charge in [0.25, 0.3) is 0 Å². The van der Waals surface area contributed by atoms with Gasteiger partial charge in [-0.2, -0.15) is 20.5 Å². The second-order valence-corrected chi connectivity index (χ2v) is 10.3. The Labute approximate surface area is 269 Å². The summed E-state index contributed by atoms with van der Waals surface area (Å²) in [6.07, 6.45) is 0. The quantitative estimate of drug-likeness (QED) is 0.158. The third-order valence-corrected chi connectivity index (χ3v) is 6.68. The summed E-state index contributed by atoms with van der Waals surface area (Å²) in [5, 5.41) is 16.5. The van der Waals surface area contributed by atoms with E-state index in [-0.39, 0.29) is 75.6 Å². The van der Waals surface area contributed by atoms with Crippen LogP contribution in [0.4, 0.5) is 22.7 Å². The molecule has 4 aromatic carbocycles. The average molecular weight is 585 g/mol. The van der Waals surface area contributed by atoms with Crippen LogP contribution in [0.25, 0.3) is 10.8 Å². The number of ether oxygens (including phenoxy) is 1. The van der Waals surface area contributed by atoms with E-state index >= 15 is 0 Å². The van der Waals surface area contributed by atoms with Gasteiger partial charge in [-0.3, -0.25) is 0 Å². The summed E-state index contributed by atoms with van der Waals surface area (Å²) in [7, 11) is -10.0. The van der Waals surface area contributed by atoms with E-state index in [0.717, 1.165) is 11.8 Å². The Bertz CT molecular complexity index is 1730. The van der Waals surface area contributed by atoms with Crippen molar-refractivity contribution in [1.29, 1.82) is 0 Å². The molecule has 4 aromatic rings. The molecule has 0 atom stereocenters. The minimum atomic E-state index is -5.04. The molecular weight excluding hydrogens is 566 g/mol. The maximum Gasteiger partial charge on any atom is 1.00 e. The molecule has 0 aliphatic carbocycles. The van der Waals surface area contributed by atoms with E-state index in [1.54, 1.807) is 48.5 Å². The van der Waals surface area contributed by atoms with Crippen molar-refractivity contribution in [2.75, 3.05) is 6.61 Å². The summed E-state index contributed by atoms with van der Waals surface area (Å²) in [6.45, 7) is 2.48. The zero-order valence-electron chi connectivity index (χ0n) is 21.2. The molecule has 0 aromatic heterocycles. The van der Waals surface area contributed by atoms with E-state index in [1.165, 1.54) is 18.2 Å². The van der Waals surface area contributed by atoms with E-state index in [0.29, 0.717) is 29.7 Å². The Hall–Kier alpha value is -2.04. The normalized spacial score (nSPS) is 11.9. The minimum Gasteiger partial charge on any atom is -0.744 e. The van der Waals surface area contributed by atoms with Gasteiger partial charge in [-0.1, -0.05) is 6.07 Å². The summed E-state index contributed by atoms with van der Waals surface area (Å²) in [5.41, 5.74) is 1.95. The van der Waals surface area contributed by atoms with Crippen molar-refractivity contribution in [3.05, 3.63) is 78.9 Å².